The molecule has 0 spiro atoms. The molecular formula is C61H97N3O34+2. The number of ether oxygens (including phenoxy) is 14. The van der Waals surface area contributed by atoms with Crippen molar-refractivity contribution < 1.29 is 178 Å². The van der Waals surface area contributed by atoms with Gasteiger partial charge in [-0.05, 0) is 30.5 Å². The highest BCUT2D eigenvalue weighted by molar-refractivity contribution is 5.60. The van der Waals surface area contributed by atoms with E-state index in [9.17, 15) is 102 Å². The van der Waals surface area contributed by atoms with Crippen molar-refractivity contribution in [1.82, 2.24) is 5.32 Å². The van der Waals surface area contributed by atoms with Crippen LogP contribution in [0.15, 0.2) is 49.1 Å². The second-order valence-corrected chi connectivity index (χ2v) is 25.9. The molecule has 98 heavy (non-hydrogen) atoms. The van der Waals surface area contributed by atoms with Crippen molar-refractivity contribution in [2.45, 2.75) is 260 Å². The molecule has 0 radical (unpaired) electrons. The first-order chi connectivity index (χ1) is 47.0. The van der Waals surface area contributed by atoms with E-state index in [0.717, 1.165) is 49.8 Å². The molecule has 2 aromatic rings. The monoisotopic (exact) mass is 1420 g/mol. The quantitative estimate of drug-likeness (QED) is 0.0487. The standard InChI is InChI=1S/C61H97N3O34/c1-63-14-8-25(9-15-63)26-10-16-64(17-11-26)13-7-5-3-2-4-6-12-62-18-27-48-34(71)41(78)55(85-27)93-49-28(19-65)87-57(43(80)36(49)73)95-51-30(21-67)89-59(45(82)38(51)75)97-53-32(23-69)91-61(47(84)40(53)77)98-54-33(24-70)90-60(46(83)39(54)76)96-52-31(22-68)88-58(44(81)37(52)74)94-50-29(20-66)86-56(92-48)42(79)35(50)72/h8-11,14-17,27-62,65-84H,2-7,12-13,18-24H2,1H3/q+2/t27-,28+,29-,30+,31-,32+,33-,34+,35+,36-,37+,38+,39+,40+,41+,42+,43-,44+,45-,46+,47+,48+,49+,50+,51+,52+,53+,54+,55+,56+,57+,58+,59+,60+,61+/m0/s1. The van der Waals surface area contributed by atoms with Crippen LogP contribution in [0.25, 0.3) is 11.1 Å². The van der Waals surface area contributed by atoms with Crippen LogP contribution in [0.1, 0.15) is 38.5 Å². The molecule has 558 valence electrons. The summed E-state index contributed by atoms with van der Waals surface area (Å²) >= 11 is 0. The molecule has 0 aromatic carbocycles. The second-order valence-electron chi connectivity index (χ2n) is 25.9. The number of aromatic nitrogens is 2. The highest BCUT2D eigenvalue weighted by atomic mass is 16.8. The maximum absolute atomic E-state index is 12.0. The molecular weight excluding hydrogens is 1320 g/mol. The van der Waals surface area contributed by atoms with Gasteiger partial charge < -0.3 is 174 Å². The summed E-state index contributed by atoms with van der Waals surface area (Å²) in [5, 5.41) is 228. The predicted octanol–water partition coefficient (Wildman–Crippen LogP) is -11.8. The SMILES string of the molecule is C[n+]1ccc(-c2cc[n+](CCCCCCCCNC[C@@H]3O[C@@H]4O[C@H]5[C@@H](O)[C@H](O)[C@@H](O[C@H]6[C@H](O)[C@H](O)[C@@H](O[C@H]7[C@H](O)[C@@H](O)[C@@H](O[C@H]8[C@H](O)[C@@H](O)[C@@H](O[C@H]9[C@H](O)[C@@H](O)[C@@H](O[C@H]%10[C@H](O)[C@@H](O)[C@@H](O[C@H]3[C@H](O)[C@H]4O)O[C@H]%10CO)O[C@H]9CO)O[C@H]8CO)O[C@@H]7CO)O[C@@H]6CO)O[C@@H]5CO)cc2)cc1. The van der Waals surface area contributed by atoms with Gasteiger partial charge in [0.05, 0.1) is 39.6 Å². The number of aryl methyl sites for hydroxylation is 2. The summed E-state index contributed by atoms with van der Waals surface area (Å²) in [5.41, 5.74) is 2.23. The van der Waals surface area contributed by atoms with Gasteiger partial charge in [0.15, 0.2) is 68.8 Å². The molecule has 35 atom stereocenters. The molecule has 0 saturated carbocycles. The van der Waals surface area contributed by atoms with E-state index in [1.807, 2.05) is 24.0 Å². The number of unbranched alkanes of at least 4 members (excludes halogenated alkanes) is 5. The summed E-state index contributed by atoms with van der Waals surface area (Å²) in [6, 6.07) is 8.27. The van der Waals surface area contributed by atoms with Crippen LogP contribution in [0.2, 0.25) is 0 Å². The third-order valence-corrected chi connectivity index (χ3v) is 19.2. The van der Waals surface area contributed by atoms with Crippen LogP contribution >= 0.6 is 0 Å². The van der Waals surface area contributed by atoms with Gasteiger partial charge in [0.1, 0.15) is 185 Å². The molecule has 0 unspecified atom stereocenters. The van der Waals surface area contributed by atoms with Crippen LogP contribution in [0.5, 0.6) is 0 Å². The lowest BCUT2D eigenvalue weighted by Gasteiger charge is -2.50. The number of rotatable bonds is 18. The summed E-state index contributed by atoms with van der Waals surface area (Å²) in [5.74, 6) is 0. The van der Waals surface area contributed by atoms with Gasteiger partial charge in [-0.2, -0.15) is 0 Å². The zero-order chi connectivity index (χ0) is 70.4. The third kappa shape index (κ3) is 17.1. The Labute approximate surface area is 561 Å². The van der Waals surface area contributed by atoms with Crippen LogP contribution in [-0.2, 0) is 79.9 Å². The molecule has 21 aliphatic rings. The first-order valence-electron chi connectivity index (χ1n) is 33.0. The number of aliphatic hydroxyl groups is 20. The van der Waals surface area contributed by atoms with Gasteiger partial charge in [-0.1, -0.05) is 19.3 Å². The average molecular weight is 1420 g/mol. The number of hydrogen-bond donors (Lipinski definition) is 21. The van der Waals surface area contributed by atoms with E-state index in [0.29, 0.717) is 13.0 Å². The fourth-order valence-electron chi connectivity index (χ4n) is 13.4. The van der Waals surface area contributed by atoms with E-state index in [4.69, 9.17) is 66.3 Å². The molecule has 23 heterocycles. The van der Waals surface area contributed by atoms with E-state index in [1.54, 1.807) is 0 Å². The molecule has 23 rings (SSSR count). The molecule has 0 amide bonds. The van der Waals surface area contributed by atoms with Crippen molar-refractivity contribution in [3.63, 3.8) is 0 Å². The van der Waals surface area contributed by atoms with E-state index < -0.39 is 255 Å². The highest BCUT2D eigenvalue weighted by Crippen LogP contribution is 2.39. The van der Waals surface area contributed by atoms with Crippen LogP contribution in [0.3, 0.4) is 0 Å². The van der Waals surface area contributed by atoms with E-state index >= 15 is 0 Å². The zero-order valence-corrected chi connectivity index (χ0v) is 53.5. The number of nitrogens with one attached hydrogen (secondary N) is 1. The van der Waals surface area contributed by atoms with Crippen molar-refractivity contribution in [3.05, 3.63) is 49.1 Å². The smallest absolute Gasteiger partial charge is 0.187 e. The third-order valence-electron chi connectivity index (χ3n) is 19.2. The number of nitrogens with zero attached hydrogens (tertiary/aromatic N) is 2. The minimum Gasteiger partial charge on any atom is -0.394 e. The molecule has 21 fully saturated rings. The average Bonchev–Trinajstić information content (AvgIpc) is 0.779. The number of pyridine rings is 2. The topological polar surface area (TPSA) is 554 Å². The first kappa shape index (κ1) is 77.5. The minimum absolute atomic E-state index is 0.201. The lowest BCUT2D eigenvalue weighted by Crippen LogP contribution is -2.68. The maximum Gasteiger partial charge on any atom is 0.187 e. The first-order valence-corrected chi connectivity index (χ1v) is 33.0. The predicted molar refractivity (Wildman–Crippen MR) is 315 cm³/mol. The maximum atomic E-state index is 12.0. The lowest BCUT2D eigenvalue weighted by atomic mass is 9.95. The van der Waals surface area contributed by atoms with Crippen molar-refractivity contribution >= 4 is 0 Å². The Kier molecular flexibility index (Phi) is 27.8. The van der Waals surface area contributed by atoms with Crippen molar-refractivity contribution in [2.75, 3.05) is 52.7 Å². The molecule has 37 heteroatoms. The van der Waals surface area contributed by atoms with Gasteiger partial charge in [0.25, 0.3) is 0 Å². The van der Waals surface area contributed by atoms with Gasteiger partial charge in [0.2, 0.25) is 0 Å². The second kappa shape index (κ2) is 35.1. The van der Waals surface area contributed by atoms with Crippen molar-refractivity contribution in [3.8, 4) is 11.1 Å². The molecule has 21 saturated heterocycles. The Bertz CT molecular complexity index is 2690. The molecule has 21 aliphatic heterocycles. The Morgan fingerprint density at radius 3 is 0.776 bits per heavy atom. The van der Waals surface area contributed by atoms with Crippen LogP contribution in [-0.4, -0.2) is 370 Å². The van der Waals surface area contributed by atoms with Gasteiger partial charge >= 0.3 is 0 Å². The summed E-state index contributed by atoms with van der Waals surface area (Å²) in [6.07, 6.45) is -55.9. The Balaban J connectivity index is 0.859. The Hall–Kier alpha value is -3.10. The van der Waals surface area contributed by atoms with Crippen LogP contribution in [0, 0.1) is 0 Å². The summed E-state index contributed by atoms with van der Waals surface area (Å²) in [4.78, 5) is 0. The molecule has 14 bridgehead atoms. The van der Waals surface area contributed by atoms with E-state index in [-0.39, 0.29) is 6.54 Å². The van der Waals surface area contributed by atoms with Crippen LogP contribution in [0.4, 0.5) is 0 Å². The largest absolute Gasteiger partial charge is 0.394 e. The minimum atomic E-state index is -2.21. The molecule has 2 aromatic heterocycles. The van der Waals surface area contributed by atoms with E-state index in [2.05, 4.69) is 46.5 Å². The summed E-state index contributed by atoms with van der Waals surface area (Å²) in [7, 11) is 1.96. The summed E-state index contributed by atoms with van der Waals surface area (Å²) < 4.78 is 86.2. The van der Waals surface area contributed by atoms with Crippen LogP contribution < -0.4 is 14.5 Å². The molecule has 21 N–H and O–H groups in total. The Morgan fingerprint density at radius 2 is 0.510 bits per heavy atom. The lowest BCUT2D eigenvalue weighted by molar-refractivity contribution is -0.697. The van der Waals surface area contributed by atoms with Gasteiger partial charge in [-0.3, -0.25) is 0 Å². The fourth-order valence-corrected chi connectivity index (χ4v) is 13.4. The number of hydrogen-bond acceptors (Lipinski definition) is 35. The highest BCUT2D eigenvalue weighted by Gasteiger charge is 2.60. The van der Waals surface area contributed by atoms with Gasteiger partial charge in [-0.25, -0.2) is 9.13 Å². The Morgan fingerprint density at radius 1 is 0.286 bits per heavy atom. The van der Waals surface area contributed by atoms with Gasteiger partial charge in [0, 0.05) is 37.2 Å². The normalized spacial score (nSPS) is 46.0. The van der Waals surface area contributed by atoms with Crippen molar-refractivity contribution in [1.29, 1.82) is 0 Å². The molecule has 37 nitrogen and oxygen atoms in total. The fraction of sp³-hybridized carbons (Fsp3) is 0.836. The van der Waals surface area contributed by atoms with E-state index in [1.165, 1.54) is 0 Å². The molecule has 0 aliphatic carbocycles. The number of aliphatic hydroxyl groups excluding tert-OH is 20. The zero-order valence-electron chi connectivity index (χ0n) is 53.5. The van der Waals surface area contributed by atoms with Crippen molar-refractivity contribution in [2.24, 2.45) is 7.05 Å². The van der Waals surface area contributed by atoms with Gasteiger partial charge in [-0.15, -0.1) is 0 Å². The summed E-state index contributed by atoms with van der Waals surface area (Å²) in [6.45, 7) is -5.19.